The van der Waals surface area contributed by atoms with Gasteiger partial charge in [-0.2, -0.15) is 0 Å². The monoisotopic (exact) mass is 1270 g/mol. The van der Waals surface area contributed by atoms with E-state index in [1.54, 1.807) is 48.9 Å². The van der Waals surface area contributed by atoms with Crippen molar-refractivity contribution in [2.75, 3.05) is 87.0 Å². The molecule has 4 saturated heterocycles. The van der Waals surface area contributed by atoms with E-state index in [1.807, 2.05) is 72.6 Å². The lowest BCUT2D eigenvalue weighted by Crippen LogP contribution is -2.56. The molecule has 5 heterocycles. The van der Waals surface area contributed by atoms with Gasteiger partial charge in [-0.25, -0.2) is 13.9 Å². The number of morpholine rings is 1. The van der Waals surface area contributed by atoms with E-state index in [-0.39, 0.29) is 54.2 Å². The number of esters is 1. The summed E-state index contributed by atoms with van der Waals surface area (Å²) in [4.78, 5) is 44.3. The van der Waals surface area contributed by atoms with Gasteiger partial charge in [0.15, 0.2) is 12.6 Å². The number of methoxy groups -OCH3 is 2. The van der Waals surface area contributed by atoms with Crippen molar-refractivity contribution in [2.24, 2.45) is 34.7 Å². The van der Waals surface area contributed by atoms with Gasteiger partial charge in [-0.05, 0) is 109 Å². The molecule has 2 amide bonds. The van der Waals surface area contributed by atoms with Crippen molar-refractivity contribution in [1.29, 1.82) is 0 Å². The third-order valence-corrected chi connectivity index (χ3v) is 16.7. The molecule has 17 atom stereocenters. The third-order valence-electron chi connectivity index (χ3n) is 16.5. The maximum Gasteiger partial charge on any atom is 0.324 e. The average molecular weight is 1270 g/mol. The Kier molecular flexibility index (Phi) is 40.7. The van der Waals surface area contributed by atoms with Gasteiger partial charge in [-0.3, -0.25) is 13.9 Å². The Bertz CT molecular complexity index is 2280. The maximum absolute atomic E-state index is 14.4. The predicted octanol–water partition coefficient (Wildman–Crippen LogP) is 6.88. The molecule has 2 aromatic rings. The topological polar surface area (TPSA) is 279 Å². The lowest BCUT2D eigenvalue weighted by Gasteiger charge is -2.41. The van der Waals surface area contributed by atoms with Crippen LogP contribution in [0.25, 0.3) is 0 Å². The van der Waals surface area contributed by atoms with E-state index in [9.17, 15) is 29.3 Å². The molecule has 23 nitrogen and oxygen atoms in total. The van der Waals surface area contributed by atoms with Crippen LogP contribution in [0.3, 0.4) is 0 Å². The first-order chi connectivity index (χ1) is 41.8. The summed E-state index contributed by atoms with van der Waals surface area (Å²) >= 11 is 3.92. The zero-order chi connectivity index (χ0) is 67.6. The van der Waals surface area contributed by atoms with Gasteiger partial charge >= 0.3 is 12.0 Å². The zero-order valence-corrected chi connectivity index (χ0v) is 56.0. The first kappa shape index (κ1) is 83.2. The molecular weight excluding hydrogens is 1160 g/mol. The van der Waals surface area contributed by atoms with Crippen LogP contribution in [0.4, 0.5) is 14.9 Å². The van der Waals surface area contributed by atoms with E-state index in [0.717, 1.165) is 49.9 Å². The molecule has 0 spiro atoms. The smallest absolute Gasteiger partial charge is 0.324 e. The number of halogens is 1. The second kappa shape index (κ2) is 43.0. The number of hydrogen-bond donors (Lipinski definition) is 6. The van der Waals surface area contributed by atoms with Crippen molar-refractivity contribution in [3.8, 4) is 25.7 Å². The number of terminal acetylenes is 2. The van der Waals surface area contributed by atoms with Crippen molar-refractivity contribution in [3.63, 3.8) is 0 Å². The highest BCUT2D eigenvalue weighted by atomic mass is 32.1. The van der Waals surface area contributed by atoms with Gasteiger partial charge in [0.2, 0.25) is 0 Å². The Morgan fingerprint density at radius 3 is 2.05 bits per heavy atom. The number of nitrogens with zero attached hydrogens (tertiary/aromatic N) is 7. The number of alkyl halides is 1. The van der Waals surface area contributed by atoms with E-state index >= 15 is 0 Å². The molecule has 1 aromatic carbocycles. The van der Waals surface area contributed by atoms with E-state index in [0.29, 0.717) is 70.2 Å². The number of likely N-dealkylation sites (N-methyl/N-ethyl adjacent to an activating group) is 1. The number of anilines is 1. The van der Waals surface area contributed by atoms with Gasteiger partial charge < -0.3 is 73.4 Å². The number of thiol groups is 1. The number of cyclic esters (lactones) is 1. The molecule has 0 saturated carbocycles. The Labute approximate surface area is 529 Å². The van der Waals surface area contributed by atoms with E-state index in [2.05, 4.69) is 79.9 Å². The predicted molar refractivity (Wildman–Crippen MR) is 340 cm³/mol. The number of rotatable bonds is 14. The second-order valence-electron chi connectivity index (χ2n) is 23.1. The molecule has 504 valence electrons. The summed E-state index contributed by atoms with van der Waals surface area (Å²) in [5, 5.41) is 60.4. The summed E-state index contributed by atoms with van der Waals surface area (Å²) in [5.74, 6) is -0.861. The van der Waals surface area contributed by atoms with Crippen molar-refractivity contribution >= 4 is 43.1 Å². The molecule has 0 unspecified atom stereocenters. The molecule has 5 N–H and O–H groups in total. The highest BCUT2D eigenvalue weighted by molar-refractivity contribution is 7.75. The van der Waals surface area contributed by atoms with Crippen LogP contribution in [0.5, 0.6) is 0 Å². The Hall–Kier alpha value is -4.84. The maximum atomic E-state index is 14.4. The number of oxime groups is 1. The van der Waals surface area contributed by atoms with Crippen LogP contribution in [0, 0.1) is 55.3 Å². The minimum absolute atomic E-state index is 0.0504. The number of aliphatic hydroxyl groups excluding tert-OH is 4. The van der Waals surface area contributed by atoms with Gasteiger partial charge in [-0.15, -0.1) is 30.8 Å². The minimum Gasteiger partial charge on any atom is -0.459 e. The van der Waals surface area contributed by atoms with Crippen LogP contribution in [0.1, 0.15) is 138 Å². The molecule has 4 fully saturated rings. The van der Waals surface area contributed by atoms with E-state index in [4.69, 9.17) is 52.4 Å². The molecular formula is C63H108FN7O16S. The SMILES string of the molecule is C#C.C#C.C=O.CC[C@H]1OC(=O)[C@H](C)C[C@H](C)C[C@](C)(OC)C[C@@H](C)/C(=N\OC)[C@H](C)[C@@H](O)[C@]1(C)O.CO.CO[C@H](c1ccc(N(C)C(=O)N2CCOCC2)cc1)[C@@H](CF)n1cc(CCN(C)[C@@H]2C[C@H](OS)O[C@H](C)C2)nn1.C[C@@H]1O[C@@H](O)C[C@H](C)[C@H]1O. The zero-order valence-electron chi connectivity index (χ0n) is 55.1. The summed E-state index contributed by atoms with van der Waals surface area (Å²) in [6, 6.07) is 6.95. The van der Waals surface area contributed by atoms with Gasteiger partial charge in [-0.1, -0.05) is 64.0 Å². The third kappa shape index (κ3) is 25.4. The minimum atomic E-state index is -1.64. The Morgan fingerprint density at radius 1 is 0.920 bits per heavy atom. The van der Waals surface area contributed by atoms with Crippen molar-refractivity contribution < 1.29 is 81.7 Å². The normalized spacial score (nSPS) is 31.2. The van der Waals surface area contributed by atoms with Gasteiger partial charge in [0, 0.05) is 97.0 Å². The van der Waals surface area contributed by atoms with Crippen molar-refractivity contribution in [1.82, 2.24) is 24.8 Å². The molecule has 4 aliphatic heterocycles. The van der Waals surface area contributed by atoms with Gasteiger partial charge in [0.05, 0.1) is 60.6 Å². The van der Waals surface area contributed by atoms with Gasteiger partial charge in [0.25, 0.3) is 0 Å². The van der Waals surface area contributed by atoms with E-state index in [1.165, 1.54) is 14.0 Å². The quantitative estimate of drug-likeness (QED) is 0.0369. The van der Waals surface area contributed by atoms with Crippen LogP contribution in [-0.4, -0.2) is 217 Å². The highest BCUT2D eigenvalue weighted by Gasteiger charge is 2.47. The number of aliphatic hydroxyl groups is 5. The first-order valence-electron chi connectivity index (χ1n) is 29.8. The van der Waals surface area contributed by atoms with Gasteiger partial charge in [0.1, 0.15) is 44.4 Å². The largest absolute Gasteiger partial charge is 0.459 e. The van der Waals surface area contributed by atoms with Crippen molar-refractivity contribution in [2.45, 2.75) is 193 Å². The second-order valence-corrected chi connectivity index (χ2v) is 23.3. The summed E-state index contributed by atoms with van der Waals surface area (Å²) in [6.45, 7) is 23.2. The number of hydrogen-bond acceptors (Lipinski definition) is 21. The summed E-state index contributed by atoms with van der Waals surface area (Å²) in [7, 11) is 9.54. The fourth-order valence-corrected chi connectivity index (χ4v) is 11.8. The van der Waals surface area contributed by atoms with Crippen LogP contribution < -0.4 is 4.90 Å². The molecule has 25 heteroatoms. The number of carbonyl (C=O) groups is 3. The number of amides is 2. The standard InChI is InChI=1S/C27H41FN6O5S.C23H43NO6.C7H14O3.2C2H2.CH4O.CH2O/c1-19-15-23(16-25(38-19)39-40)31(2)10-9-21-18-34(30-29-21)24(17-28)26(36-4)20-5-7-22(8-6-20)32(3)27(35)33-11-13-37-14-12-33;1-10-18-23(7,27)20(25)17(5)19(24-29-9)16(4)13-22(6,28-8)12-14(2)11-15(3)21(26)30-18;1-4-3-6(8)10-5(2)7(4)9;4*1-2/h5-8,18-19,23-26,40H,9-17H2,1-4H3;14-18,20,25,27H,10-13H2,1-9H3;4-9H,3H2,1-2H3;2*1-2H;2H,1H3;1H2/b;24-19+;;;;;/t19-,23+,24-,25+,26-;14-,15+,16+,17-,18+,20+,22-,23+;4-,5-,6+,7+;;;;/m100..../s1. The molecule has 0 bridgehead atoms. The number of ether oxygens (including phenoxy) is 6. The molecule has 88 heavy (non-hydrogen) atoms. The highest BCUT2D eigenvalue weighted by Crippen LogP contribution is 2.37. The number of carbonyl (C=O) groups excluding carboxylic acids is 3. The number of aromatic nitrogens is 3. The Balaban J connectivity index is 0.00000138. The number of urea groups is 1. The van der Waals surface area contributed by atoms with Crippen LogP contribution in [0.2, 0.25) is 0 Å². The fraction of sp³-hybridized carbons (Fsp3) is 0.746. The van der Waals surface area contributed by atoms with Crippen molar-refractivity contribution in [3.05, 3.63) is 41.7 Å². The summed E-state index contributed by atoms with van der Waals surface area (Å²) in [5.41, 5.74) is 0.879. The fourth-order valence-electron chi connectivity index (χ4n) is 11.6. The lowest BCUT2D eigenvalue weighted by molar-refractivity contribution is -0.209. The van der Waals surface area contributed by atoms with Crippen LogP contribution >= 0.6 is 12.9 Å². The van der Waals surface area contributed by atoms with Crippen LogP contribution in [-0.2, 0) is 53.5 Å². The summed E-state index contributed by atoms with van der Waals surface area (Å²) < 4.78 is 54.4. The lowest BCUT2D eigenvalue weighted by atomic mass is 9.75. The molecule has 4 aliphatic rings. The summed E-state index contributed by atoms with van der Waals surface area (Å²) in [6.07, 6.45) is 18.9. The number of benzene rings is 1. The average Bonchev–Trinajstić information content (AvgIpc) is 3.83. The molecule has 1 aromatic heterocycles. The molecule has 0 radical (unpaired) electrons. The van der Waals surface area contributed by atoms with E-state index < -0.39 is 60.5 Å². The Morgan fingerprint density at radius 2 is 1.52 bits per heavy atom. The molecule has 0 aliphatic carbocycles. The van der Waals surface area contributed by atoms with Crippen LogP contribution in [0.15, 0.2) is 35.6 Å². The molecule has 6 rings (SSSR count). The first-order valence-corrected chi connectivity index (χ1v) is 30.2.